The lowest BCUT2D eigenvalue weighted by atomic mass is 9.90. The van der Waals surface area contributed by atoms with Crippen molar-refractivity contribution in [2.75, 3.05) is 18.8 Å². The Morgan fingerprint density at radius 1 is 1.19 bits per heavy atom. The van der Waals surface area contributed by atoms with Crippen LogP contribution in [0.15, 0.2) is 23.1 Å². The Hall–Kier alpha value is -1.20. The first-order valence-corrected chi connectivity index (χ1v) is 10.6. The zero-order valence-corrected chi connectivity index (χ0v) is 17.3. The highest BCUT2D eigenvalue weighted by Gasteiger charge is 2.33. The molecule has 0 aliphatic carbocycles. The van der Waals surface area contributed by atoms with E-state index in [1.807, 2.05) is 55.6 Å². The quantitative estimate of drug-likeness (QED) is 0.814. The lowest BCUT2D eigenvalue weighted by Crippen LogP contribution is -2.47. The Morgan fingerprint density at radius 3 is 2.54 bits per heavy atom. The van der Waals surface area contributed by atoms with E-state index in [0.717, 1.165) is 30.6 Å². The molecule has 0 unspecified atom stereocenters. The fourth-order valence-corrected chi connectivity index (χ4v) is 4.91. The van der Waals surface area contributed by atoms with Crippen molar-refractivity contribution in [2.24, 2.45) is 11.3 Å². The number of benzene rings is 1. The van der Waals surface area contributed by atoms with Gasteiger partial charge in [0.15, 0.2) is 0 Å². The van der Waals surface area contributed by atoms with Crippen LogP contribution in [0.3, 0.4) is 0 Å². The summed E-state index contributed by atoms with van der Waals surface area (Å²) >= 11 is 7.97. The van der Waals surface area contributed by atoms with Gasteiger partial charge in [0.05, 0.1) is 6.04 Å². The lowest BCUT2D eigenvalue weighted by molar-refractivity contribution is -0.142. The molecule has 0 radical (unpaired) electrons. The normalized spacial score (nSPS) is 21.2. The summed E-state index contributed by atoms with van der Waals surface area (Å²) in [7, 11) is 0. The Labute approximate surface area is 165 Å². The van der Waals surface area contributed by atoms with Crippen molar-refractivity contribution in [3.8, 4) is 0 Å². The van der Waals surface area contributed by atoms with Gasteiger partial charge >= 0.3 is 0 Å². The number of likely N-dealkylation sites (tertiary alicyclic amines) is 1. The first-order valence-electron chi connectivity index (χ1n) is 9.27. The van der Waals surface area contributed by atoms with E-state index < -0.39 is 0 Å². The smallest absolute Gasteiger partial charge is 0.227 e. The van der Waals surface area contributed by atoms with Gasteiger partial charge in [0.2, 0.25) is 11.8 Å². The molecule has 2 amide bonds. The molecule has 142 valence electrons. The molecule has 2 heterocycles. The van der Waals surface area contributed by atoms with Gasteiger partial charge in [0, 0.05) is 40.1 Å². The summed E-state index contributed by atoms with van der Waals surface area (Å²) in [5.74, 6) is 1.26. The molecule has 6 heteroatoms. The summed E-state index contributed by atoms with van der Waals surface area (Å²) in [6.07, 6.45) is 2.39. The van der Waals surface area contributed by atoms with Crippen LogP contribution in [0, 0.1) is 11.3 Å². The number of nitrogens with one attached hydrogen (secondary N) is 1. The molecule has 1 atom stereocenters. The van der Waals surface area contributed by atoms with E-state index >= 15 is 0 Å². The summed E-state index contributed by atoms with van der Waals surface area (Å²) < 4.78 is 0. The monoisotopic (exact) mass is 394 g/mol. The van der Waals surface area contributed by atoms with E-state index in [4.69, 9.17) is 11.6 Å². The van der Waals surface area contributed by atoms with E-state index in [1.165, 1.54) is 4.90 Å². The highest BCUT2D eigenvalue weighted by Crippen LogP contribution is 2.38. The molecule has 0 aromatic heterocycles. The molecule has 1 aromatic rings. The van der Waals surface area contributed by atoms with Crippen LogP contribution in [0.4, 0.5) is 0 Å². The molecule has 2 aliphatic rings. The topological polar surface area (TPSA) is 49.4 Å². The number of fused-ring (bicyclic) bond motifs is 1. The maximum absolute atomic E-state index is 12.8. The predicted molar refractivity (Wildman–Crippen MR) is 106 cm³/mol. The lowest BCUT2D eigenvalue weighted by Gasteiger charge is -2.36. The molecule has 26 heavy (non-hydrogen) atoms. The SMILES string of the molecule is CC(C)(C)C(=O)N1CCC(C(=O)N[C@H]2CCSc3ccc(Cl)cc32)CC1. The van der Waals surface area contributed by atoms with E-state index in [0.29, 0.717) is 18.1 Å². The first-order chi connectivity index (χ1) is 12.3. The molecule has 1 saturated heterocycles. The summed E-state index contributed by atoms with van der Waals surface area (Å²) in [5.41, 5.74) is 0.764. The Bertz CT molecular complexity index is 694. The van der Waals surface area contributed by atoms with E-state index in [-0.39, 0.29) is 29.2 Å². The van der Waals surface area contributed by atoms with E-state index in [9.17, 15) is 9.59 Å². The van der Waals surface area contributed by atoms with E-state index in [1.54, 1.807) is 0 Å². The van der Waals surface area contributed by atoms with Crippen LogP contribution in [0.5, 0.6) is 0 Å². The van der Waals surface area contributed by atoms with Gasteiger partial charge in [0.25, 0.3) is 0 Å². The fourth-order valence-electron chi connectivity index (χ4n) is 3.62. The van der Waals surface area contributed by atoms with Crippen molar-refractivity contribution in [1.29, 1.82) is 0 Å². The van der Waals surface area contributed by atoms with Crippen molar-refractivity contribution < 1.29 is 9.59 Å². The van der Waals surface area contributed by atoms with Crippen LogP contribution < -0.4 is 5.32 Å². The molecule has 1 fully saturated rings. The van der Waals surface area contributed by atoms with Gasteiger partial charge in [-0.3, -0.25) is 9.59 Å². The van der Waals surface area contributed by atoms with Crippen LogP contribution in [0.25, 0.3) is 0 Å². The number of piperidine rings is 1. The van der Waals surface area contributed by atoms with Crippen molar-refractivity contribution in [3.05, 3.63) is 28.8 Å². The minimum absolute atomic E-state index is 0.0174. The third kappa shape index (κ3) is 4.37. The number of thioether (sulfide) groups is 1. The Balaban J connectivity index is 1.59. The molecule has 1 aromatic carbocycles. The second kappa shape index (κ2) is 7.81. The van der Waals surface area contributed by atoms with Gasteiger partial charge in [-0.15, -0.1) is 11.8 Å². The summed E-state index contributed by atoms with van der Waals surface area (Å²) in [4.78, 5) is 28.3. The van der Waals surface area contributed by atoms with Crippen LogP contribution >= 0.6 is 23.4 Å². The summed E-state index contributed by atoms with van der Waals surface area (Å²) in [6, 6.07) is 5.95. The number of nitrogens with zero attached hydrogens (tertiary/aromatic N) is 1. The first kappa shape index (κ1) is 19.6. The van der Waals surface area contributed by atoms with Crippen LogP contribution in [-0.4, -0.2) is 35.6 Å². The third-order valence-corrected chi connectivity index (χ3v) is 6.48. The van der Waals surface area contributed by atoms with Gasteiger partial charge < -0.3 is 10.2 Å². The maximum atomic E-state index is 12.8. The van der Waals surface area contributed by atoms with Crippen LogP contribution in [0.2, 0.25) is 5.02 Å². The number of carbonyl (C=O) groups is 2. The standard InChI is InChI=1S/C20H27ClN2O2S/c1-20(2,3)19(25)23-9-6-13(7-10-23)18(24)22-16-8-11-26-17-5-4-14(21)12-15(16)17/h4-5,12-13,16H,6-11H2,1-3H3,(H,22,24)/t16-/m0/s1. The fraction of sp³-hybridized carbons (Fsp3) is 0.600. The van der Waals surface area contributed by atoms with Crippen LogP contribution in [0.1, 0.15) is 51.6 Å². The van der Waals surface area contributed by atoms with Gasteiger partial charge in [-0.25, -0.2) is 0 Å². The molecule has 3 rings (SSSR count). The second-order valence-electron chi connectivity index (χ2n) is 8.20. The van der Waals surface area contributed by atoms with Crippen molar-refractivity contribution >= 4 is 35.2 Å². The highest BCUT2D eigenvalue weighted by molar-refractivity contribution is 7.99. The number of hydrogen-bond donors (Lipinski definition) is 1. The largest absolute Gasteiger partial charge is 0.349 e. The third-order valence-electron chi connectivity index (χ3n) is 5.12. The molecule has 0 saturated carbocycles. The Kier molecular flexibility index (Phi) is 5.88. The number of hydrogen-bond acceptors (Lipinski definition) is 3. The molecule has 0 spiro atoms. The van der Waals surface area contributed by atoms with E-state index in [2.05, 4.69) is 5.32 Å². The molecule has 1 N–H and O–H groups in total. The van der Waals surface area contributed by atoms with Crippen LogP contribution in [-0.2, 0) is 9.59 Å². The molecular formula is C20H27ClN2O2S. The van der Waals surface area contributed by atoms with Crippen molar-refractivity contribution in [3.63, 3.8) is 0 Å². The van der Waals surface area contributed by atoms with Gasteiger partial charge in [-0.2, -0.15) is 0 Å². The molecule has 2 aliphatic heterocycles. The average Bonchev–Trinajstić information content (AvgIpc) is 2.61. The zero-order valence-electron chi connectivity index (χ0n) is 15.7. The average molecular weight is 395 g/mol. The van der Waals surface area contributed by atoms with Crippen molar-refractivity contribution in [1.82, 2.24) is 10.2 Å². The van der Waals surface area contributed by atoms with Gasteiger partial charge in [0.1, 0.15) is 0 Å². The molecule has 4 nitrogen and oxygen atoms in total. The van der Waals surface area contributed by atoms with Gasteiger partial charge in [-0.1, -0.05) is 32.4 Å². The number of halogens is 1. The number of amides is 2. The minimum atomic E-state index is -0.363. The second-order valence-corrected chi connectivity index (χ2v) is 9.77. The molecule has 0 bridgehead atoms. The number of carbonyl (C=O) groups excluding carboxylic acids is 2. The number of rotatable bonds is 2. The highest BCUT2D eigenvalue weighted by atomic mass is 35.5. The van der Waals surface area contributed by atoms with Crippen molar-refractivity contribution in [2.45, 2.75) is 51.0 Å². The minimum Gasteiger partial charge on any atom is -0.349 e. The predicted octanol–water partition coefficient (Wildman–Crippen LogP) is 4.28. The molecular weight excluding hydrogens is 368 g/mol. The summed E-state index contributed by atoms with van der Waals surface area (Å²) in [5, 5.41) is 3.94. The summed E-state index contributed by atoms with van der Waals surface area (Å²) in [6.45, 7) is 7.15. The Morgan fingerprint density at radius 2 is 1.88 bits per heavy atom. The van der Waals surface area contributed by atoms with Gasteiger partial charge in [-0.05, 0) is 43.0 Å². The maximum Gasteiger partial charge on any atom is 0.227 e. The zero-order chi connectivity index (χ0) is 18.9.